The number of hydrogen-bond donors (Lipinski definition) is 2. The van der Waals surface area contributed by atoms with Gasteiger partial charge in [0.2, 0.25) is 5.91 Å². The molecule has 2 aliphatic rings. The SMILES string of the molecule is COc1cc2c(cc1NC(=O)CN1C(=O)NC(C)(C3CC3)C1=O)oc1ccccc12. The molecule has 5 rings (SSSR count). The molecule has 0 bridgehead atoms. The molecule has 2 heterocycles. The van der Waals surface area contributed by atoms with Crippen molar-refractivity contribution in [2.45, 2.75) is 25.3 Å². The lowest BCUT2D eigenvalue weighted by atomic mass is 9.96. The highest BCUT2D eigenvalue weighted by Crippen LogP contribution is 2.42. The van der Waals surface area contributed by atoms with Crippen LogP contribution >= 0.6 is 0 Å². The Morgan fingerprint density at radius 1 is 1.23 bits per heavy atom. The topological polar surface area (TPSA) is 101 Å². The number of carbonyl (C=O) groups excluding carboxylic acids is 3. The lowest BCUT2D eigenvalue weighted by Crippen LogP contribution is -2.46. The summed E-state index contributed by atoms with van der Waals surface area (Å²) in [7, 11) is 1.51. The summed E-state index contributed by atoms with van der Waals surface area (Å²) in [6.45, 7) is 1.36. The maximum Gasteiger partial charge on any atom is 0.325 e. The maximum atomic E-state index is 12.7. The molecule has 154 valence electrons. The van der Waals surface area contributed by atoms with Gasteiger partial charge < -0.3 is 19.8 Å². The highest BCUT2D eigenvalue weighted by atomic mass is 16.5. The second-order valence-electron chi connectivity index (χ2n) is 7.99. The number of urea groups is 1. The lowest BCUT2D eigenvalue weighted by molar-refractivity contribution is -0.134. The number of imide groups is 1. The largest absolute Gasteiger partial charge is 0.495 e. The minimum atomic E-state index is -0.914. The number of rotatable bonds is 5. The summed E-state index contributed by atoms with van der Waals surface area (Å²) in [5.74, 6) is -0.253. The number of hydrogen-bond acceptors (Lipinski definition) is 5. The third kappa shape index (κ3) is 2.79. The van der Waals surface area contributed by atoms with Crippen molar-refractivity contribution in [1.82, 2.24) is 10.2 Å². The molecule has 8 nitrogen and oxygen atoms in total. The van der Waals surface area contributed by atoms with Crippen molar-refractivity contribution in [3.8, 4) is 5.75 Å². The molecular weight excluding hydrogens is 386 g/mol. The van der Waals surface area contributed by atoms with E-state index in [1.54, 1.807) is 19.1 Å². The summed E-state index contributed by atoms with van der Waals surface area (Å²) in [5.41, 5.74) is 0.828. The van der Waals surface area contributed by atoms with E-state index in [0.717, 1.165) is 34.1 Å². The van der Waals surface area contributed by atoms with Crippen LogP contribution in [0.3, 0.4) is 0 Å². The summed E-state index contributed by atoms with van der Waals surface area (Å²) in [6, 6.07) is 10.6. The molecule has 1 atom stereocenters. The van der Waals surface area contributed by atoms with Gasteiger partial charge in [-0.25, -0.2) is 4.79 Å². The van der Waals surface area contributed by atoms with Gasteiger partial charge in [0.1, 0.15) is 29.0 Å². The van der Waals surface area contributed by atoms with Crippen molar-refractivity contribution in [3.63, 3.8) is 0 Å². The van der Waals surface area contributed by atoms with Gasteiger partial charge in [0.15, 0.2) is 0 Å². The highest BCUT2D eigenvalue weighted by molar-refractivity contribution is 6.11. The molecule has 0 spiro atoms. The first-order chi connectivity index (χ1) is 14.4. The average Bonchev–Trinajstić information content (AvgIpc) is 3.49. The maximum absolute atomic E-state index is 12.7. The van der Waals surface area contributed by atoms with E-state index in [1.165, 1.54) is 7.11 Å². The fourth-order valence-corrected chi connectivity index (χ4v) is 4.15. The van der Waals surface area contributed by atoms with Gasteiger partial charge in [0, 0.05) is 16.8 Å². The van der Waals surface area contributed by atoms with Crippen molar-refractivity contribution in [3.05, 3.63) is 36.4 Å². The van der Waals surface area contributed by atoms with Gasteiger partial charge in [0.25, 0.3) is 5.91 Å². The summed E-state index contributed by atoms with van der Waals surface area (Å²) in [6.07, 6.45) is 1.80. The Kier molecular flexibility index (Phi) is 3.99. The van der Waals surface area contributed by atoms with Crippen molar-refractivity contribution in [2.24, 2.45) is 5.92 Å². The first-order valence-electron chi connectivity index (χ1n) is 9.84. The zero-order valence-corrected chi connectivity index (χ0v) is 16.7. The number of para-hydroxylation sites is 1. The second-order valence-corrected chi connectivity index (χ2v) is 7.99. The fourth-order valence-electron chi connectivity index (χ4n) is 4.15. The molecule has 2 N–H and O–H groups in total. The third-order valence-corrected chi connectivity index (χ3v) is 5.97. The highest BCUT2D eigenvalue weighted by Gasteiger charge is 2.56. The number of furan rings is 1. The monoisotopic (exact) mass is 407 g/mol. The van der Waals surface area contributed by atoms with Crippen LogP contribution in [0.25, 0.3) is 21.9 Å². The van der Waals surface area contributed by atoms with Crippen LogP contribution in [0.2, 0.25) is 0 Å². The first-order valence-corrected chi connectivity index (χ1v) is 9.84. The number of amides is 4. The Morgan fingerprint density at radius 3 is 2.73 bits per heavy atom. The molecule has 4 amide bonds. The van der Waals surface area contributed by atoms with Crippen molar-refractivity contribution in [1.29, 1.82) is 0 Å². The Morgan fingerprint density at radius 2 is 2.00 bits per heavy atom. The average molecular weight is 407 g/mol. The summed E-state index contributed by atoms with van der Waals surface area (Å²) in [5, 5.41) is 7.30. The van der Waals surface area contributed by atoms with Gasteiger partial charge in [0.05, 0.1) is 12.8 Å². The molecule has 1 saturated carbocycles. The van der Waals surface area contributed by atoms with E-state index < -0.39 is 17.5 Å². The van der Waals surface area contributed by atoms with Crippen LogP contribution in [0.15, 0.2) is 40.8 Å². The van der Waals surface area contributed by atoms with E-state index in [0.29, 0.717) is 17.0 Å². The molecular formula is C22H21N3O5. The second kappa shape index (κ2) is 6.48. The summed E-state index contributed by atoms with van der Waals surface area (Å²) in [4.78, 5) is 38.7. The van der Waals surface area contributed by atoms with E-state index in [1.807, 2.05) is 24.3 Å². The normalized spacial score (nSPS) is 21.3. The number of carbonyl (C=O) groups is 3. The molecule has 1 aliphatic heterocycles. The number of nitrogens with one attached hydrogen (secondary N) is 2. The Labute approximate surface area is 172 Å². The molecule has 30 heavy (non-hydrogen) atoms. The van der Waals surface area contributed by atoms with Crippen molar-refractivity contribution < 1.29 is 23.5 Å². The van der Waals surface area contributed by atoms with Gasteiger partial charge in [-0.2, -0.15) is 0 Å². The lowest BCUT2D eigenvalue weighted by Gasteiger charge is -2.20. The zero-order chi connectivity index (χ0) is 21.0. The van der Waals surface area contributed by atoms with Crippen LogP contribution in [0, 0.1) is 5.92 Å². The molecule has 0 radical (unpaired) electrons. The van der Waals surface area contributed by atoms with Crippen LogP contribution < -0.4 is 15.4 Å². The molecule has 1 aliphatic carbocycles. The fraction of sp³-hybridized carbons (Fsp3) is 0.318. The Bertz CT molecular complexity index is 1210. The molecule has 3 aromatic rings. The Balaban J connectivity index is 1.40. The number of anilines is 1. The van der Waals surface area contributed by atoms with Crippen LogP contribution in [0.5, 0.6) is 5.75 Å². The minimum absolute atomic E-state index is 0.137. The van der Waals surface area contributed by atoms with Gasteiger partial charge >= 0.3 is 6.03 Å². The molecule has 1 unspecified atom stereocenters. The van der Waals surface area contributed by atoms with E-state index in [-0.39, 0.29) is 18.4 Å². The van der Waals surface area contributed by atoms with Crippen LogP contribution in [0.1, 0.15) is 19.8 Å². The summed E-state index contributed by atoms with van der Waals surface area (Å²) < 4.78 is 11.3. The first kappa shape index (κ1) is 18.5. The predicted molar refractivity (Wildman–Crippen MR) is 110 cm³/mol. The van der Waals surface area contributed by atoms with Gasteiger partial charge in [-0.15, -0.1) is 0 Å². The molecule has 2 aromatic carbocycles. The smallest absolute Gasteiger partial charge is 0.325 e. The molecule has 8 heteroatoms. The molecule has 2 fully saturated rings. The third-order valence-electron chi connectivity index (χ3n) is 5.97. The predicted octanol–water partition coefficient (Wildman–Crippen LogP) is 3.25. The van der Waals surface area contributed by atoms with Crippen molar-refractivity contribution >= 4 is 45.5 Å². The molecule has 1 aromatic heterocycles. The number of fused-ring (bicyclic) bond motifs is 3. The van der Waals surface area contributed by atoms with Crippen molar-refractivity contribution in [2.75, 3.05) is 19.0 Å². The van der Waals surface area contributed by atoms with Crippen LogP contribution in [-0.2, 0) is 9.59 Å². The quantitative estimate of drug-likeness (QED) is 0.633. The number of benzene rings is 2. The minimum Gasteiger partial charge on any atom is -0.495 e. The summed E-state index contributed by atoms with van der Waals surface area (Å²) >= 11 is 0. The molecule has 1 saturated heterocycles. The Hall–Kier alpha value is -3.55. The number of ether oxygens (including phenoxy) is 1. The van der Waals surface area contributed by atoms with E-state index >= 15 is 0 Å². The van der Waals surface area contributed by atoms with E-state index in [9.17, 15) is 14.4 Å². The van der Waals surface area contributed by atoms with Gasteiger partial charge in [-0.05, 0) is 37.8 Å². The van der Waals surface area contributed by atoms with E-state index in [4.69, 9.17) is 9.15 Å². The standard InChI is InChI=1S/C22H21N3O5/c1-22(12-7-8-12)20(27)25(21(28)24-22)11-19(26)23-15-10-17-14(9-18(15)29-2)13-5-3-4-6-16(13)30-17/h3-6,9-10,12H,7-8,11H2,1-2H3,(H,23,26)(H,24,28). The number of methoxy groups -OCH3 is 1. The van der Waals surface area contributed by atoms with Gasteiger partial charge in [-0.3, -0.25) is 14.5 Å². The number of nitrogens with zero attached hydrogens (tertiary/aromatic N) is 1. The van der Waals surface area contributed by atoms with Crippen LogP contribution in [0.4, 0.5) is 10.5 Å². The van der Waals surface area contributed by atoms with Crippen LogP contribution in [-0.4, -0.2) is 41.9 Å². The zero-order valence-electron chi connectivity index (χ0n) is 16.7. The van der Waals surface area contributed by atoms with Gasteiger partial charge in [-0.1, -0.05) is 18.2 Å². The van der Waals surface area contributed by atoms with E-state index in [2.05, 4.69) is 10.6 Å².